The van der Waals surface area contributed by atoms with Gasteiger partial charge in [-0.2, -0.15) is 0 Å². The van der Waals surface area contributed by atoms with Crippen LogP contribution in [0, 0.1) is 6.92 Å². The Morgan fingerprint density at radius 2 is 2.12 bits per heavy atom. The van der Waals surface area contributed by atoms with Crippen molar-refractivity contribution >= 4 is 17.2 Å². The molecule has 1 N–H and O–H groups in total. The number of rotatable bonds is 4. The number of methoxy groups -OCH3 is 1. The number of hydrogen-bond donors (Lipinski definition) is 1. The molecule has 0 aliphatic heterocycles. The van der Waals surface area contributed by atoms with Gasteiger partial charge in [0.15, 0.2) is 0 Å². The number of hydrogen-bond acceptors (Lipinski definition) is 4. The first-order chi connectivity index (χ1) is 7.81. The van der Waals surface area contributed by atoms with E-state index < -0.39 is 0 Å². The molecule has 0 unspecified atom stereocenters. The minimum atomic E-state index is -0.189. The van der Waals surface area contributed by atoms with Crippen molar-refractivity contribution in [2.75, 3.05) is 7.11 Å². The molecule has 1 amide bonds. The smallest absolute Gasteiger partial charge is 0.225 e. The van der Waals surface area contributed by atoms with Gasteiger partial charge in [0.2, 0.25) is 5.91 Å². The quantitative estimate of drug-likeness (QED) is 0.897. The zero-order valence-electron chi connectivity index (χ0n) is 11.1. The van der Waals surface area contributed by atoms with Gasteiger partial charge in [0, 0.05) is 17.5 Å². The van der Waals surface area contributed by atoms with Crippen molar-refractivity contribution in [1.82, 2.24) is 10.3 Å². The molecular formula is C12H20N2O2S. The fourth-order valence-electron chi connectivity index (χ4n) is 1.45. The van der Waals surface area contributed by atoms with Crippen molar-refractivity contribution in [2.24, 2.45) is 0 Å². The number of aryl methyl sites for hydroxylation is 1. The standard InChI is InChI=1S/C12H20N2O2S/c1-8-9(17-11(13-8)7-16-5)6-10(15)14-12(2,3)4/h6-7H2,1-5H3,(H,14,15). The number of aromatic nitrogens is 1. The zero-order chi connectivity index (χ0) is 13.1. The lowest BCUT2D eigenvalue weighted by molar-refractivity contribution is -0.121. The van der Waals surface area contributed by atoms with Crippen LogP contribution in [0.25, 0.3) is 0 Å². The maximum absolute atomic E-state index is 11.8. The van der Waals surface area contributed by atoms with Gasteiger partial charge in [-0.15, -0.1) is 11.3 Å². The predicted molar refractivity (Wildman–Crippen MR) is 69.2 cm³/mol. The summed E-state index contributed by atoms with van der Waals surface area (Å²) < 4.78 is 5.03. The minimum Gasteiger partial charge on any atom is -0.378 e. The maximum Gasteiger partial charge on any atom is 0.225 e. The highest BCUT2D eigenvalue weighted by Crippen LogP contribution is 2.19. The molecule has 4 nitrogen and oxygen atoms in total. The average Bonchev–Trinajstić information content (AvgIpc) is 2.44. The Morgan fingerprint density at radius 1 is 1.47 bits per heavy atom. The molecule has 0 aromatic carbocycles. The third-order valence-corrected chi connectivity index (χ3v) is 3.17. The molecule has 0 spiro atoms. The summed E-state index contributed by atoms with van der Waals surface area (Å²) in [6, 6.07) is 0. The summed E-state index contributed by atoms with van der Waals surface area (Å²) in [6.07, 6.45) is 0.393. The van der Waals surface area contributed by atoms with Crippen LogP contribution in [-0.2, 0) is 22.6 Å². The largest absolute Gasteiger partial charge is 0.378 e. The Labute approximate surface area is 106 Å². The molecule has 1 rings (SSSR count). The zero-order valence-corrected chi connectivity index (χ0v) is 11.9. The number of amides is 1. The van der Waals surface area contributed by atoms with Crippen LogP contribution in [0.5, 0.6) is 0 Å². The molecule has 0 radical (unpaired) electrons. The summed E-state index contributed by atoms with van der Waals surface area (Å²) in [7, 11) is 1.64. The van der Waals surface area contributed by atoms with E-state index in [2.05, 4.69) is 10.3 Å². The van der Waals surface area contributed by atoms with Crippen molar-refractivity contribution in [3.8, 4) is 0 Å². The summed E-state index contributed by atoms with van der Waals surface area (Å²) >= 11 is 1.54. The number of ether oxygens (including phenoxy) is 1. The van der Waals surface area contributed by atoms with Gasteiger partial charge < -0.3 is 10.1 Å². The number of thiazole rings is 1. The monoisotopic (exact) mass is 256 g/mol. The van der Waals surface area contributed by atoms with Crippen LogP contribution >= 0.6 is 11.3 Å². The molecule has 17 heavy (non-hydrogen) atoms. The Balaban J connectivity index is 2.65. The Kier molecular flexibility index (Phi) is 4.65. The second kappa shape index (κ2) is 5.60. The third kappa shape index (κ3) is 4.83. The Hall–Kier alpha value is -0.940. The van der Waals surface area contributed by atoms with Crippen molar-refractivity contribution < 1.29 is 9.53 Å². The Bertz CT molecular complexity index is 394. The van der Waals surface area contributed by atoms with E-state index in [0.717, 1.165) is 15.6 Å². The summed E-state index contributed by atoms with van der Waals surface area (Å²) in [6.45, 7) is 8.35. The van der Waals surface area contributed by atoms with Crippen LogP contribution in [0.2, 0.25) is 0 Å². The van der Waals surface area contributed by atoms with Gasteiger partial charge in [0.1, 0.15) is 5.01 Å². The van der Waals surface area contributed by atoms with Crippen LogP contribution in [0.1, 0.15) is 36.3 Å². The lowest BCUT2D eigenvalue weighted by Crippen LogP contribution is -2.41. The van der Waals surface area contributed by atoms with E-state index >= 15 is 0 Å². The van der Waals surface area contributed by atoms with E-state index in [-0.39, 0.29) is 11.4 Å². The first-order valence-electron chi connectivity index (χ1n) is 5.57. The van der Waals surface area contributed by atoms with E-state index in [9.17, 15) is 4.79 Å². The van der Waals surface area contributed by atoms with E-state index in [0.29, 0.717) is 13.0 Å². The van der Waals surface area contributed by atoms with Gasteiger partial charge in [0.05, 0.1) is 18.7 Å². The molecule has 0 aliphatic rings. The molecule has 1 aromatic heterocycles. The topological polar surface area (TPSA) is 51.2 Å². The van der Waals surface area contributed by atoms with E-state index in [1.165, 1.54) is 0 Å². The number of nitrogens with zero attached hydrogens (tertiary/aromatic N) is 1. The lowest BCUT2D eigenvalue weighted by atomic mass is 10.1. The summed E-state index contributed by atoms with van der Waals surface area (Å²) in [5.41, 5.74) is 0.733. The summed E-state index contributed by atoms with van der Waals surface area (Å²) in [4.78, 5) is 17.2. The fraction of sp³-hybridized carbons (Fsp3) is 0.667. The molecule has 0 saturated heterocycles. The predicted octanol–water partition coefficient (Wildman–Crippen LogP) is 2.06. The lowest BCUT2D eigenvalue weighted by Gasteiger charge is -2.20. The second-order valence-electron chi connectivity index (χ2n) is 5.02. The van der Waals surface area contributed by atoms with Crippen molar-refractivity contribution in [3.05, 3.63) is 15.6 Å². The SMILES string of the molecule is COCc1nc(C)c(CC(=O)NC(C)(C)C)s1. The van der Waals surface area contributed by atoms with Gasteiger partial charge in [-0.1, -0.05) is 0 Å². The summed E-state index contributed by atoms with van der Waals surface area (Å²) in [5.74, 6) is 0.0354. The van der Waals surface area contributed by atoms with Crippen LogP contribution in [0.15, 0.2) is 0 Å². The van der Waals surface area contributed by atoms with Crippen LogP contribution < -0.4 is 5.32 Å². The maximum atomic E-state index is 11.8. The first-order valence-corrected chi connectivity index (χ1v) is 6.38. The highest BCUT2D eigenvalue weighted by atomic mass is 32.1. The van der Waals surface area contributed by atoms with Crippen LogP contribution in [0.3, 0.4) is 0 Å². The molecule has 5 heteroatoms. The molecule has 0 aliphatic carbocycles. The molecular weight excluding hydrogens is 236 g/mol. The first kappa shape index (κ1) is 14.1. The average molecular weight is 256 g/mol. The van der Waals surface area contributed by atoms with Gasteiger partial charge >= 0.3 is 0 Å². The van der Waals surface area contributed by atoms with E-state index in [1.807, 2.05) is 27.7 Å². The number of carbonyl (C=O) groups is 1. The number of carbonyl (C=O) groups excluding carboxylic acids is 1. The van der Waals surface area contributed by atoms with Crippen molar-refractivity contribution in [3.63, 3.8) is 0 Å². The molecule has 1 heterocycles. The molecule has 96 valence electrons. The van der Waals surface area contributed by atoms with Crippen molar-refractivity contribution in [1.29, 1.82) is 0 Å². The molecule has 0 bridgehead atoms. The van der Waals surface area contributed by atoms with Gasteiger partial charge in [-0.3, -0.25) is 4.79 Å². The van der Waals surface area contributed by atoms with Gasteiger partial charge in [-0.25, -0.2) is 4.98 Å². The molecule has 1 aromatic rings. The van der Waals surface area contributed by atoms with Gasteiger partial charge in [-0.05, 0) is 27.7 Å². The normalized spacial score (nSPS) is 11.6. The van der Waals surface area contributed by atoms with E-state index in [4.69, 9.17) is 4.74 Å². The second-order valence-corrected chi connectivity index (χ2v) is 6.19. The van der Waals surface area contributed by atoms with Gasteiger partial charge in [0.25, 0.3) is 0 Å². The minimum absolute atomic E-state index is 0.0354. The highest BCUT2D eigenvalue weighted by molar-refractivity contribution is 7.11. The molecule has 0 atom stereocenters. The molecule has 0 fully saturated rings. The highest BCUT2D eigenvalue weighted by Gasteiger charge is 2.16. The van der Waals surface area contributed by atoms with Crippen LogP contribution in [-0.4, -0.2) is 23.5 Å². The summed E-state index contributed by atoms with van der Waals surface area (Å²) in [5, 5.41) is 3.86. The van der Waals surface area contributed by atoms with Crippen LogP contribution in [0.4, 0.5) is 0 Å². The number of nitrogens with one attached hydrogen (secondary N) is 1. The Morgan fingerprint density at radius 3 is 2.65 bits per heavy atom. The molecule has 0 saturated carbocycles. The van der Waals surface area contributed by atoms with Crippen molar-refractivity contribution in [2.45, 2.75) is 46.3 Å². The third-order valence-electron chi connectivity index (χ3n) is 2.04. The fourth-order valence-corrected chi connectivity index (χ4v) is 2.49. The van der Waals surface area contributed by atoms with E-state index in [1.54, 1.807) is 18.4 Å².